The summed E-state index contributed by atoms with van der Waals surface area (Å²) in [5.74, 6) is -1.17. The lowest BCUT2D eigenvalue weighted by molar-refractivity contribution is -0.148. The van der Waals surface area contributed by atoms with Gasteiger partial charge in [-0.05, 0) is 48.7 Å². The zero-order valence-electron chi connectivity index (χ0n) is 17.0. The molecule has 1 aromatic heterocycles. The standard InChI is InChI=1S/C22H22ClF2N3O3/c1-13(2)11-17(27-20(29)14-7-9-15(23)10-8-14)21(30)31-12-19-26-16-5-3-4-6-18(16)28(19)22(24)25/h3-10,13,17,22H,11-12H2,1-2H3,(H,27,29). The van der Waals surface area contributed by atoms with Crippen LogP contribution in [-0.2, 0) is 16.1 Å². The highest BCUT2D eigenvalue weighted by Crippen LogP contribution is 2.23. The molecule has 3 aromatic rings. The van der Waals surface area contributed by atoms with E-state index in [4.69, 9.17) is 16.3 Å². The van der Waals surface area contributed by atoms with Crippen LogP contribution in [0.4, 0.5) is 8.78 Å². The molecule has 0 fully saturated rings. The van der Waals surface area contributed by atoms with Gasteiger partial charge in [-0.3, -0.25) is 9.36 Å². The Kier molecular flexibility index (Phi) is 7.22. The summed E-state index contributed by atoms with van der Waals surface area (Å²) in [5.41, 5.74) is 0.965. The molecular formula is C22H22ClF2N3O3. The molecule has 0 spiro atoms. The highest BCUT2D eigenvalue weighted by atomic mass is 35.5. The van der Waals surface area contributed by atoms with Crippen LogP contribution in [0, 0.1) is 5.92 Å². The first-order chi connectivity index (χ1) is 14.8. The summed E-state index contributed by atoms with van der Waals surface area (Å²) in [6.45, 7) is 0.510. The summed E-state index contributed by atoms with van der Waals surface area (Å²) in [4.78, 5) is 29.3. The van der Waals surface area contributed by atoms with E-state index in [1.807, 2.05) is 13.8 Å². The minimum Gasteiger partial charge on any atom is -0.456 e. The molecule has 0 aliphatic rings. The number of alkyl halides is 2. The van der Waals surface area contributed by atoms with Gasteiger partial charge < -0.3 is 10.1 Å². The van der Waals surface area contributed by atoms with Crippen molar-refractivity contribution in [2.24, 2.45) is 5.92 Å². The maximum Gasteiger partial charge on any atom is 0.329 e. The first-order valence-electron chi connectivity index (χ1n) is 9.73. The Labute approximate surface area is 183 Å². The van der Waals surface area contributed by atoms with Crippen molar-refractivity contribution in [3.63, 3.8) is 0 Å². The minimum absolute atomic E-state index is 0.0723. The molecule has 164 valence electrons. The molecular weight excluding hydrogens is 428 g/mol. The van der Waals surface area contributed by atoms with Crippen molar-refractivity contribution in [2.75, 3.05) is 0 Å². The molecule has 1 unspecified atom stereocenters. The molecule has 0 bridgehead atoms. The van der Waals surface area contributed by atoms with Crippen molar-refractivity contribution in [1.29, 1.82) is 0 Å². The molecule has 0 radical (unpaired) electrons. The number of amides is 1. The Morgan fingerprint density at radius 2 is 1.81 bits per heavy atom. The van der Waals surface area contributed by atoms with E-state index in [0.717, 1.165) is 4.57 Å². The quantitative estimate of drug-likeness (QED) is 0.492. The first-order valence-corrected chi connectivity index (χ1v) is 10.1. The van der Waals surface area contributed by atoms with Crippen molar-refractivity contribution < 1.29 is 23.1 Å². The van der Waals surface area contributed by atoms with Crippen LogP contribution in [0.15, 0.2) is 48.5 Å². The average molecular weight is 450 g/mol. The summed E-state index contributed by atoms with van der Waals surface area (Å²) in [6.07, 6.45) is 0.323. The normalized spacial score (nSPS) is 12.4. The highest BCUT2D eigenvalue weighted by molar-refractivity contribution is 6.30. The van der Waals surface area contributed by atoms with Crippen LogP contribution >= 0.6 is 11.6 Å². The Morgan fingerprint density at radius 3 is 2.45 bits per heavy atom. The maximum atomic E-state index is 13.6. The third kappa shape index (κ3) is 5.58. The van der Waals surface area contributed by atoms with Gasteiger partial charge in [0.1, 0.15) is 12.6 Å². The number of carbonyl (C=O) groups is 2. The number of imidazole rings is 1. The van der Waals surface area contributed by atoms with E-state index in [1.54, 1.807) is 42.5 Å². The van der Waals surface area contributed by atoms with E-state index in [-0.39, 0.29) is 17.3 Å². The largest absolute Gasteiger partial charge is 0.456 e. The number of hydrogen-bond acceptors (Lipinski definition) is 4. The number of aromatic nitrogens is 2. The van der Waals surface area contributed by atoms with E-state index in [0.29, 0.717) is 22.5 Å². The molecule has 31 heavy (non-hydrogen) atoms. The Bertz CT molecular complexity index is 1070. The van der Waals surface area contributed by atoms with Crippen molar-refractivity contribution in [3.05, 3.63) is 64.9 Å². The SMILES string of the molecule is CC(C)CC(NC(=O)c1ccc(Cl)cc1)C(=O)OCc1nc2ccccc2n1C(F)F. The van der Waals surface area contributed by atoms with Gasteiger partial charge in [-0.25, -0.2) is 9.78 Å². The van der Waals surface area contributed by atoms with Gasteiger partial charge in [0.2, 0.25) is 0 Å². The van der Waals surface area contributed by atoms with E-state index in [2.05, 4.69) is 10.3 Å². The van der Waals surface area contributed by atoms with E-state index < -0.39 is 31.1 Å². The molecule has 1 heterocycles. The topological polar surface area (TPSA) is 73.2 Å². The molecule has 0 aliphatic carbocycles. The number of carbonyl (C=O) groups excluding carboxylic acids is 2. The Balaban J connectivity index is 1.74. The van der Waals surface area contributed by atoms with E-state index in [1.165, 1.54) is 6.07 Å². The van der Waals surface area contributed by atoms with Gasteiger partial charge in [0, 0.05) is 10.6 Å². The molecule has 6 nitrogen and oxygen atoms in total. The third-order valence-electron chi connectivity index (χ3n) is 4.61. The third-order valence-corrected chi connectivity index (χ3v) is 4.86. The summed E-state index contributed by atoms with van der Waals surface area (Å²) >= 11 is 5.84. The number of benzene rings is 2. The van der Waals surface area contributed by atoms with Crippen molar-refractivity contribution >= 4 is 34.5 Å². The van der Waals surface area contributed by atoms with Gasteiger partial charge in [0.15, 0.2) is 5.82 Å². The second-order valence-corrected chi connectivity index (χ2v) is 7.87. The number of nitrogens with zero attached hydrogens (tertiary/aromatic N) is 2. The van der Waals surface area contributed by atoms with Crippen molar-refractivity contribution in [3.8, 4) is 0 Å². The molecule has 1 amide bonds. The van der Waals surface area contributed by atoms with Crippen LogP contribution in [0.3, 0.4) is 0 Å². The Morgan fingerprint density at radius 1 is 1.13 bits per heavy atom. The van der Waals surface area contributed by atoms with E-state index >= 15 is 0 Å². The number of fused-ring (bicyclic) bond motifs is 1. The number of para-hydroxylation sites is 2. The van der Waals surface area contributed by atoms with Crippen LogP contribution < -0.4 is 5.32 Å². The number of ether oxygens (including phenoxy) is 1. The molecule has 0 aliphatic heterocycles. The monoisotopic (exact) mass is 449 g/mol. The molecule has 0 saturated carbocycles. The summed E-state index contributed by atoms with van der Waals surface area (Å²) in [6, 6.07) is 11.7. The lowest BCUT2D eigenvalue weighted by Crippen LogP contribution is -2.42. The number of esters is 1. The second-order valence-electron chi connectivity index (χ2n) is 7.43. The van der Waals surface area contributed by atoms with Gasteiger partial charge in [-0.2, -0.15) is 8.78 Å². The number of rotatable bonds is 8. The summed E-state index contributed by atoms with van der Waals surface area (Å²) in [5, 5.41) is 3.14. The van der Waals surface area contributed by atoms with Crippen molar-refractivity contribution in [2.45, 2.75) is 39.5 Å². The van der Waals surface area contributed by atoms with Crippen LogP contribution in [-0.4, -0.2) is 27.5 Å². The maximum absolute atomic E-state index is 13.6. The zero-order chi connectivity index (χ0) is 22.5. The minimum atomic E-state index is -2.84. The smallest absolute Gasteiger partial charge is 0.329 e. The van der Waals surface area contributed by atoms with Crippen LogP contribution in [0.1, 0.15) is 43.0 Å². The summed E-state index contributed by atoms with van der Waals surface area (Å²) in [7, 11) is 0. The zero-order valence-corrected chi connectivity index (χ0v) is 17.8. The fraction of sp³-hybridized carbons (Fsp3) is 0.318. The number of halogens is 3. The second kappa shape index (κ2) is 9.87. The van der Waals surface area contributed by atoms with Crippen LogP contribution in [0.2, 0.25) is 5.02 Å². The summed E-state index contributed by atoms with van der Waals surface area (Å²) < 4.78 is 33.1. The van der Waals surface area contributed by atoms with E-state index in [9.17, 15) is 18.4 Å². The van der Waals surface area contributed by atoms with Gasteiger partial charge in [0.25, 0.3) is 5.91 Å². The van der Waals surface area contributed by atoms with Gasteiger partial charge in [-0.1, -0.05) is 37.6 Å². The molecule has 1 atom stereocenters. The average Bonchev–Trinajstić information content (AvgIpc) is 3.10. The predicted octanol–water partition coefficient (Wildman–Crippen LogP) is 4.97. The lowest BCUT2D eigenvalue weighted by Gasteiger charge is -2.19. The van der Waals surface area contributed by atoms with Crippen molar-refractivity contribution in [1.82, 2.24) is 14.9 Å². The lowest BCUT2D eigenvalue weighted by atomic mass is 10.0. The molecule has 3 rings (SSSR count). The molecule has 2 aromatic carbocycles. The fourth-order valence-electron chi connectivity index (χ4n) is 3.18. The van der Waals surface area contributed by atoms with Crippen LogP contribution in [0.25, 0.3) is 11.0 Å². The number of hydrogen-bond donors (Lipinski definition) is 1. The Hall–Kier alpha value is -3.00. The van der Waals surface area contributed by atoms with Gasteiger partial charge in [-0.15, -0.1) is 0 Å². The fourth-order valence-corrected chi connectivity index (χ4v) is 3.30. The predicted molar refractivity (Wildman–Crippen MR) is 113 cm³/mol. The molecule has 0 saturated heterocycles. The number of nitrogens with one attached hydrogen (secondary N) is 1. The molecule has 9 heteroatoms. The highest BCUT2D eigenvalue weighted by Gasteiger charge is 2.25. The first kappa shape index (κ1) is 22.7. The van der Waals surface area contributed by atoms with Gasteiger partial charge in [0.05, 0.1) is 11.0 Å². The molecule has 1 N–H and O–H groups in total. The van der Waals surface area contributed by atoms with Crippen LogP contribution in [0.5, 0.6) is 0 Å². The van der Waals surface area contributed by atoms with Gasteiger partial charge >= 0.3 is 12.5 Å².